The van der Waals surface area contributed by atoms with Gasteiger partial charge in [0.1, 0.15) is 10.1 Å². The van der Waals surface area contributed by atoms with Crippen molar-refractivity contribution in [2.24, 2.45) is 0 Å². The summed E-state index contributed by atoms with van der Waals surface area (Å²) in [6, 6.07) is 7.27. The third-order valence-electron chi connectivity index (χ3n) is 2.37. The van der Waals surface area contributed by atoms with Gasteiger partial charge in [0.2, 0.25) is 0 Å². The molecule has 4 heteroatoms. The van der Waals surface area contributed by atoms with Crippen molar-refractivity contribution in [1.82, 2.24) is 0 Å². The summed E-state index contributed by atoms with van der Waals surface area (Å²) < 4.78 is 4.31. The highest BCUT2D eigenvalue weighted by Crippen LogP contribution is 2.59. The van der Waals surface area contributed by atoms with Crippen LogP contribution in [-0.2, 0) is 4.79 Å². The first-order valence-electron chi connectivity index (χ1n) is 4.65. The summed E-state index contributed by atoms with van der Waals surface area (Å²) in [5.74, 6) is 0.423. The minimum atomic E-state index is -0.608. The van der Waals surface area contributed by atoms with E-state index in [2.05, 4.69) is 0 Å². The number of hydrogen-bond acceptors (Lipinski definition) is 2. The number of hydrogen-bond donors (Lipinski definition) is 0. The Bertz CT molecular complexity index is 384. The lowest BCUT2D eigenvalue weighted by Crippen LogP contribution is -2.01. The summed E-state index contributed by atoms with van der Waals surface area (Å²) in [7, 11) is 0. The lowest BCUT2D eigenvalue weighted by atomic mass is 10.1. The molecule has 80 valence electrons. The van der Waals surface area contributed by atoms with E-state index < -0.39 is 4.33 Å². The van der Waals surface area contributed by atoms with Crippen molar-refractivity contribution >= 4 is 29.2 Å². The fourth-order valence-corrected chi connectivity index (χ4v) is 2.07. The molecule has 0 spiro atoms. The highest BCUT2D eigenvalue weighted by Gasteiger charge is 2.52. The van der Waals surface area contributed by atoms with E-state index in [0.29, 0.717) is 5.75 Å². The first kappa shape index (κ1) is 10.8. The van der Waals surface area contributed by atoms with Crippen LogP contribution in [0.3, 0.4) is 0 Å². The van der Waals surface area contributed by atoms with E-state index >= 15 is 0 Å². The summed E-state index contributed by atoms with van der Waals surface area (Å²) >= 11 is 11.9. The van der Waals surface area contributed by atoms with Crippen LogP contribution in [0.2, 0.25) is 0 Å². The summed E-state index contributed by atoms with van der Waals surface area (Å²) in [4.78, 5) is 10.7. The molecule has 1 atom stereocenters. The Morgan fingerprint density at radius 3 is 2.33 bits per heavy atom. The molecule has 1 saturated carbocycles. The maximum absolute atomic E-state index is 10.7. The predicted molar refractivity (Wildman–Crippen MR) is 59.5 cm³/mol. The van der Waals surface area contributed by atoms with Gasteiger partial charge in [0.15, 0.2) is 0 Å². The second kappa shape index (κ2) is 3.69. The van der Waals surface area contributed by atoms with Crippen LogP contribution < -0.4 is 4.74 Å². The lowest BCUT2D eigenvalue weighted by molar-refractivity contribution is -0.131. The summed E-state index contributed by atoms with van der Waals surface area (Å²) in [6.45, 7) is 1.37. The molecule has 0 bridgehead atoms. The van der Waals surface area contributed by atoms with E-state index in [1.165, 1.54) is 6.92 Å². The highest BCUT2D eigenvalue weighted by atomic mass is 35.5. The Labute approximate surface area is 98.1 Å². The standard InChI is InChI=1S/C11H10Cl2O2/c1-7(14)15-9-4-2-8(3-5-9)10-6-11(10,12)13/h2-5,10H,6H2,1H3/t10-/m1/s1. The molecule has 0 heterocycles. The summed E-state index contributed by atoms with van der Waals surface area (Å²) in [6.07, 6.45) is 0.781. The SMILES string of the molecule is CC(=O)Oc1ccc([C@H]2CC2(Cl)Cl)cc1. The third-order valence-corrected chi connectivity index (χ3v) is 3.21. The number of halogens is 2. The molecule has 1 aromatic rings. The van der Waals surface area contributed by atoms with E-state index in [4.69, 9.17) is 27.9 Å². The normalized spacial score (nSPS) is 22.2. The van der Waals surface area contributed by atoms with Gasteiger partial charge in [0, 0.05) is 12.8 Å². The topological polar surface area (TPSA) is 26.3 Å². The van der Waals surface area contributed by atoms with Crippen molar-refractivity contribution in [3.05, 3.63) is 29.8 Å². The van der Waals surface area contributed by atoms with Crippen LogP contribution in [0, 0.1) is 0 Å². The second-order valence-electron chi connectivity index (χ2n) is 3.68. The molecular formula is C11H10Cl2O2. The van der Waals surface area contributed by atoms with Crippen LogP contribution >= 0.6 is 23.2 Å². The molecule has 0 aromatic heterocycles. The van der Waals surface area contributed by atoms with Crippen LogP contribution in [-0.4, -0.2) is 10.3 Å². The zero-order chi connectivity index (χ0) is 11.1. The fraction of sp³-hybridized carbons (Fsp3) is 0.364. The maximum atomic E-state index is 10.7. The van der Waals surface area contributed by atoms with Crippen LogP contribution in [0.25, 0.3) is 0 Å². The Morgan fingerprint density at radius 2 is 1.93 bits per heavy atom. The second-order valence-corrected chi connectivity index (χ2v) is 5.22. The fourth-order valence-electron chi connectivity index (χ4n) is 1.51. The zero-order valence-electron chi connectivity index (χ0n) is 8.17. The van der Waals surface area contributed by atoms with Crippen LogP contribution in [0.5, 0.6) is 5.75 Å². The molecule has 0 radical (unpaired) electrons. The molecule has 15 heavy (non-hydrogen) atoms. The number of carbonyl (C=O) groups is 1. The van der Waals surface area contributed by atoms with Gasteiger partial charge in [-0.25, -0.2) is 0 Å². The molecule has 2 rings (SSSR count). The molecule has 1 aliphatic rings. The molecule has 0 saturated heterocycles. The van der Waals surface area contributed by atoms with Crippen LogP contribution in [0.1, 0.15) is 24.8 Å². The highest BCUT2D eigenvalue weighted by molar-refractivity contribution is 6.51. The predicted octanol–water partition coefficient (Wildman–Crippen LogP) is 3.27. The van der Waals surface area contributed by atoms with E-state index in [1.807, 2.05) is 12.1 Å². The molecular weight excluding hydrogens is 235 g/mol. The number of carbonyl (C=O) groups excluding carboxylic acids is 1. The van der Waals surface area contributed by atoms with Crippen molar-refractivity contribution in [2.75, 3.05) is 0 Å². The Hall–Kier alpha value is -0.730. The molecule has 0 unspecified atom stereocenters. The van der Waals surface area contributed by atoms with Gasteiger partial charge in [-0.15, -0.1) is 23.2 Å². The van der Waals surface area contributed by atoms with Gasteiger partial charge >= 0.3 is 5.97 Å². The maximum Gasteiger partial charge on any atom is 0.308 e. The van der Waals surface area contributed by atoms with Gasteiger partial charge < -0.3 is 4.74 Å². The zero-order valence-corrected chi connectivity index (χ0v) is 9.68. The van der Waals surface area contributed by atoms with Gasteiger partial charge in [-0.1, -0.05) is 12.1 Å². The number of benzene rings is 1. The van der Waals surface area contributed by atoms with E-state index in [9.17, 15) is 4.79 Å². The van der Waals surface area contributed by atoms with Crippen molar-refractivity contribution in [2.45, 2.75) is 23.6 Å². The number of rotatable bonds is 2. The summed E-state index contributed by atoms with van der Waals surface area (Å²) in [5.41, 5.74) is 1.08. The van der Waals surface area contributed by atoms with Crippen LogP contribution in [0.15, 0.2) is 24.3 Å². The average Bonchev–Trinajstić information content (AvgIpc) is 2.75. The minimum absolute atomic E-state index is 0.201. The number of ether oxygens (including phenoxy) is 1. The molecule has 0 aliphatic heterocycles. The Morgan fingerprint density at radius 1 is 1.40 bits per heavy atom. The van der Waals surface area contributed by atoms with E-state index in [1.54, 1.807) is 12.1 Å². The van der Waals surface area contributed by atoms with Crippen molar-refractivity contribution in [3.8, 4) is 5.75 Å². The summed E-state index contributed by atoms with van der Waals surface area (Å²) in [5, 5.41) is 0. The molecule has 0 amide bonds. The smallest absolute Gasteiger partial charge is 0.308 e. The Kier molecular flexibility index (Phi) is 2.65. The van der Waals surface area contributed by atoms with E-state index in [0.717, 1.165) is 12.0 Å². The lowest BCUT2D eigenvalue weighted by Gasteiger charge is -2.03. The first-order chi connectivity index (χ1) is 6.99. The molecule has 0 N–H and O–H groups in total. The molecule has 1 aliphatic carbocycles. The molecule has 1 fully saturated rings. The quantitative estimate of drug-likeness (QED) is 0.454. The number of alkyl halides is 2. The Balaban J connectivity index is 2.08. The van der Waals surface area contributed by atoms with E-state index in [-0.39, 0.29) is 11.9 Å². The minimum Gasteiger partial charge on any atom is -0.427 e. The average molecular weight is 245 g/mol. The van der Waals surface area contributed by atoms with Gasteiger partial charge in [-0.2, -0.15) is 0 Å². The largest absolute Gasteiger partial charge is 0.427 e. The number of esters is 1. The van der Waals surface area contributed by atoms with Crippen molar-refractivity contribution in [3.63, 3.8) is 0 Å². The van der Waals surface area contributed by atoms with Gasteiger partial charge in [-0.3, -0.25) is 4.79 Å². The van der Waals surface area contributed by atoms with Crippen molar-refractivity contribution in [1.29, 1.82) is 0 Å². The van der Waals surface area contributed by atoms with Gasteiger partial charge in [0.05, 0.1) is 0 Å². The van der Waals surface area contributed by atoms with Gasteiger partial charge in [-0.05, 0) is 24.1 Å². The first-order valence-corrected chi connectivity index (χ1v) is 5.41. The molecule has 1 aromatic carbocycles. The monoisotopic (exact) mass is 244 g/mol. The van der Waals surface area contributed by atoms with Gasteiger partial charge in [0.25, 0.3) is 0 Å². The third kappa shape index (κ3) is 2.44. The van der Waals surface area contributed by atoms with Crippen LogP contribution in [0.4, 0.5) is 0 Å². The van der Waals surface area contributed by atoms with Crippen molar-refractivity contribution < 1.29 is 9.53 Å². The molecule has 2 nitrogen and oxygen atoms in total.